The maximum absolute atomic E-state index is 11.7. The predicted molar refractivity (Wildman–Crippen MR) is 80.8 cm³/mol. The molecule has 1 heterocycles. The molecule has 1 saturated heterocycles. The van der Waals surface area contributed by atoms with Crippen molar-refractivity contribution in [3.8, 4) is 0 Å². The zero-order valence-corrected chi connectivity index (χ0v) is 13.3. The highest BCUT2D eigenvalue weighted by atomic mass is 16.5. The molecular formula is C16H28N2O3. The summed E-state index contributed by atoms with van der Waals surface area (Å²) in [5.74, 6) is 0.123. The molecular weight excluding hydrogens is 268 g/mol. The summed E-state index contributed by atoms with van der Waals surface area (Å²) in [4.78, 5) is 25.1. The number of ether oxygens (including phenoxy) is 1. The van der Waals surface area contributed by atoms with Crippen LogP contribution in [0, 0.1) is 5.92 Å². The quantitative estimate of drug-likeness (QED) is 0.802. The van der Waals surface area contributed by atoms with Crippen LogP contribution in [0.2, 0.25) is 0 Å². The van der Waals surface area contributed by atoms with Crippen LogP contribution in [0.5, 0.6) is 0 Å². The minimum Gasteiger partial charge on any atom is -0.469 e. The number of esters is 1. The molecule has 1 amide bonds. The first-order chi connectivity index (χ1) is 10.1. The Morgan fingerprint density at radius 2 is 1.86 bits per heavy atom. The third kappa shape index (κ3) is 4.99. The van der Waals surface area contributed by atoms with Gasteiger partial charge in [-0.25, -0.2) is 0 Å². The Labute approximate surface area is 127 Å². The number of methoxy groups -OCH3 is 1. The van der Waals surface area contributed by atoms with E-state index in [4.69, 9.17) is 4.74 Å². The molecule has 2 unspecified atom stereocenters. The van der Waals surface area contributed by atoms with Gasteiger partial charge in [-0.2, -0.15) is 0 Å². The Hall–Kier alpha value is -1.10. The highest BCUT2D eigenvalue weighted by Gasteiger charge is 2.31. The molecule has 0 aromatic heterocycles. The number of carbonyl (C=O) groups is 2. The summed E-state index contributed by atoms with van der Waals surface area (Å²) in [5.41, 5.74) is 0. The van der Waals surface area contributed by atoms with Gasteiger partial charge in [-0.3, -0.25) is 9.59 Å². The lowest BCUT2D eigenvalue weighted by atomic mass is 9.89. The minimum absolute atomic E-state index is 0.0972. The number of amides is 1. The number of nitrogens with zero attached hydrogens (tertiary/aromatic N) is 1. The van der Waals surface area contributed by atoms with Gasteiger partial charge in [0.1, 0.15) is 0 Å². The zero-order valence-electron chi connectivity index (χ0n) is 13.3. The molecule has 1 aliphatic heterocycles. The van der Waals surface area contributed by atoms with E-state index in [0.29, 0.717) is 25.0 Å². The van der Waals surface area contributed by atoms with E-state index in [1.54, 1.807) is 6.92 Å². The number of likely N-dealkylation sites (tertiary alicyclic amines) is 1. The lowest BCUT2D eigenvalue weighted by Crippen LogP contribution is -2.53. The molecule has 0 aromatic carbocycles. The van der Waals surface area contributed by atoms with E-state index in [9.17, 15) is 9.59 Å². The monoisotopic (exact) mass is 296 g/mol. The number of nitrogens with one attached hydrogen (secondary N) is 1. The summed E-state index contributed by atoms with van der Waals surface area (Å²) in [6.07, 6.45) is 7.77. The molecule has 1 N–H and O–H groups in total. The lowest BCUT2D eigenvalue weighted by molar-refractivity contribution is -0.143. The highest BCUT2D eigenvalue weighted by Crippen LogP contribution is 2.24. The number of piperidine rings is 1. The maximum atomic E-state index is 11.7. The minimum atomic E-state index is -0.179. The highest BCUT2D eigenvalue weighted by molar-refractivity contribution is 5.74. The molecule has 5 nitrogen and oxygen atoms in total. The van der Waals surface area contributed by atoms with Gasteiger partial charge < -0.3 is 15.0 Å². The number of carbonyl (C=O) groups excluding carboxylic acids is 2. The zero-order chi connectivity index (χ0) is 15.2. The SMILES string of the molecule is COC(=O)CC1CC(NC2CCCCC2)CN(C(C)=O)C1. The number of rotatable bonds is 4. The summed E-state index contributed by atoms with van der Waals surface area (Å²) in [5, 5.41) is 3.72. The molecule has 0 aromatic rings. The number of hydrogen-bond donors (Lipinski definition) is 1. The first-order valence-electron chi connectivity index (χ1n) is 8.17. The first kappa shape index (κ1) is 16.3. The fourth-order valence-corrected chi connectivity index (χ4v) is 3.65. The van der Waals surface area contributed by atoms with Gasteiger partial charge in [0.2, 0.25) is 5.91 Å². The summed E-state index contributed by atoms with van der Waals surface area (Å²) >= 11 is 0. The maximum Gasteiger partial charge on any atom is 0.305 e. The van der Waals surface area contributed by atoms with Gasteiger partial charge >= 0.3 is 5.97 Å². The van der Waals surface area contributed by atoms with E-state index in [2.05, 4.69) is 5.32 Å². The predicted octanol–water partition coefficient (Wildman–Crippen LogP) is 1.71. The third-order valence-electron chi connectivity index (χ3n) is 4.74. The van der Waals surface area contributed by atoms with Gasteiger partial charge in [0, 0.05) is 32.1 Å². The van der Waals surface area contributed by atoms with Gasteiger partial charge in [0.25, 0.3) is 0 Å². The molecule has 120 valence electrons. The molecule has 1 saturated carbocycles. The van der Waals surface area contributed by atoms with Crippen molar-refractivity contribution in [2.24, 2.45) is 5.92 Å². The molecule has 5 heteroatoms. The van der Waals surface area contributed by atoms with E-state index in [1.165, 1.54) is 39.2 Å². The van der Waals surface area contributed by atoms with Gasteiger partial charge in [-0.15, -0.1) is 0 Å². The van der Waals surface area contributed by atoms with Crippen molar-refractivity contribution in [2.45, 2.75) is 64.0 Å². The van der Waals surface area contributed by atoms with Crippen LogP contribution in [0.25, 0.3) is 0 Å². The van der Waals surface area contributed by atoms with Crippen molar-refractivity contribution in [1.29, 1.82) is 0 Å². The van der Waals surface area contributed by atoms with Crippen LogP contribution in [0.1, 0.15) is 51.9 Å². The topological polar surface area (TPSA) is 58.6 Å². The standard InChI is InChI=1S/C16H28N2O3/c1-12(19)18-10-13(9-16(20)21-2)8-15(11-18)17-14-6-4-3-5-7-14/h13-15,17H,3-11H2,1-2H3. The van der Waals surface area contributed by atoms with E-state index < -0.39 is 0 Å². The van der Waals surface area contributed by atoms with Gasteiger partial charge in [-0.1, -0.05) is 19.3 Å². The summed E-state index contributed by atoms with van der Waals surface area (Å²) in [7, 11) is 1.42. The molecule has 0 radical (unpaired) electrons. The van der Waals surface area contributed by atoms with Crippen LogP contribution >= 0.6 is 0 Å². The Balaban J connectivity index is 1.91. The second kappa shape index (κ2) is 7.78. The van der Waals surface area contributed by atoms with E-state index in [-0.39, 0.29) is 17.8 Å². The van der Waals surface area contributed by atoms with Crippen molar-refractivity contribution in [1.82, 2.24) is 10.2 Å². The fraction of sp³-hybridized carbons (Fsp3) is 0.875. The van der Waals surface area contributed by atoms with Crippen molar-refractivity contribution in [3.63, 3.8) is 0 Å². The Bertz CT molecular complexity index is 367. The first-order valence-corrected chi connectivity index (χ1v) is 8.17. The summed E-state index contributed by atoms with van der Waals surface area (Å²) in [6, 6.07) is 0.884. The lowest BCUT2D eigenvalue weighted by Gasteiger charge is -2.39. The van der Waals surface area contributed by atoms with Crippen LogP contribution in [0.4, 0.5) is 0 Å². The summed E-state index contributed by atoms with van der Waals surface area (Å²) in [6.45, 7) is 3.05. The molecule has 1 aliphatic carbocycles. The molecule has 21 heavy (non-hydrogen) atoms. The fourth-order valence-electron chi connectivity index (χ4n) is 3.65. The second-order valence-electron chi connectivity index (χ2n) is 6.50. The van der Waals surface area contributed by atoms with Gasteiger partial charge in [-0.05, 0) is 25.2 Å². The van der Waals surface area contributed by atoms with Crippen LogP contribution in [-0.2, 0) is 14.3 Å². The largest absolute Gasteiger partial charge is 0.469 e. The average Bonchev–Trinajstić information content (AvgIpc) is 2.47. The Morgan fingerprint density at radius 1 is 1.14 bits per heavy atom. The van der Waals surface area contributed by atoms with Crippen LogP contribution in [0.3, 0.4) is 0 Å². The molecule has 0 spiro atoms. The van der Waals surface area contributed by atoms with Gasteiger partial charge in [0.15, 0.2) is 0 Å². The molecule has 2 rings (SSSR count). The van der Waals surface area contributed by atoms with E-state index in [1.807, 2.05) is 4.90 Å². The molecule has 2 aliphatic rings. The Morgan fingerprint density at radius 3 is 2.48 bits per heavy atom. The Kier molecular flexibility index (Phi) is 6.03. The van der Waals surface area contributed by atoms with E-state index in [0.717, 1.165) is 13.0 Å². The number of hydrogen-bond acceptors (Lipinski definition) is 4. The van der Waals surface area contributed by atoms with Gasteiger partial charge in [0.05, 0.1) is 13.5 Å². The molecule has 2 atom stereocenters. The smallest absolute Gasteiger partial charge is 0.305 e. The van der Waals surface area contributed by atoms with Crippen LogP contribution in [0.15, 0.2) is 0 Å². The van der Waals surface area contributed by atoms with Crippen molar-refractivity contribution in [3.05, 3.63) is 0 Å². The van der Waals surface area contributed by atoms with Crippen molar-refractivity contribution in [2.75, 3.05) is 20.2 Å². The molecule has 0 bridgehead atoms. The van der Waals surface area contributed by atoms with Crippen LogP contribution in [-0.4, -0.2) is 49.1 Å². The van der Waals surface area contributed by atoms with Crippen LogP contribution < -0.4 is 5.32 Å². The second-order valence-corrected chi connectivity index (χ2v) is 6.50. The van der Waals surface area contributed by atoms with Crippen molar-refractivity contribution >= 4 is 11.9 Å². The molecule has 2 fully saturated rings. The summed E-state index contributed by atoms with van der Waals surface area (Å²) < 4.78 is 4.77. The average molecular weight is 296 g/mol. The normalized spacial score (nSPS) is 27.4. The third-order valence-corrected chi connectivity index (χ3v) is 4.74. The van der Waals surface area contributed by atoms with Crippen molar-refractivity contribution < 1.29 is 14.3 Å². The van der Waals surface area contributed by atoms with E-state index >= 15 is 0 Å².